The third-order valence-electron chi connectivity index (χ3n) is 2.78. The van der Waals surface area contributed by atoms with Gasteiger partial charge in [-0.1, -0.05) is 24.4 Å². The average molecular weight is 296 g/mol. The molecule has 0 radical (unpaired) electrons. The maximum Gasteiger partial charge on any atom is 0.120 e. The second-order valence-electron chi connectivity index (χ2n) is 4.96. The van der Waals surface area contributed by atoms with Crippen LogP contribution in [0.1, 0.15) is 19.4 Å². The standard InChI is InChI=1S/C15H24N2O2S/c1-12(2)18-9-7-17(3)8-10-19-14-6-4-5-13(11-14)15(16)20/h4-6,11-12H,7-10H2,1-3H3,(H2,16,20). The van der Waals surface area contributed by atoms with Crippen molar-refractivity contribution in [2.24, 2.45) is 5.73 Å². The number of likely N-dealkylation sites (N-methyl/N-ethyl adjacent to an activating group) is 1. The Balaban J connectivity index is 2.26. The van der Waals surface area contributed by atoms with Gasteiger partial charge in [0.05, 0.1) is 12.7 Å². The molecule has 20 heavy (non-hydrogen) atoms. The summed E-state index contributed by atoms with van der Waals surface area (Å²) in [5.74, 6) is 0.794. The molecule has 0 aliphatic heterocycles. The van der Waals surface area contributed by atoms with Crippen molar-refractivity contribution in [3.63, 3.8) is 0 Å². The largest absolute Gasteiger partial charge is 0.492 e. The van der Waals surface area contributed by atoms with E-state index in [9.17, 15) is 0 Å². The molecule has 0 spiro atoms. The van der Waals surface area contributed by atoms with Crippen molar-refractivity contribution < 1.29 is 9.47 Å². The van der Waals surface area contributed by atoms with E-state index in [1.54, 1.807) is 0 Å². The fourth-order valence-electron chi connectivity index (χ4n) is 1.61. The molecule has 5 heteroatoms. The summed E-state index contributed by atoms with van der Waals surface area (Å²) in [6.07, 6.45) is 0.280. The summed E-state index contributed by atoms with van der Waals surface area (Å²) in [4.78, 5) is 2.57. The van der Waals surface area contributed by atoms with Gasteiger partial charge in [-0.05, 0) is 33.0 Å². The van der Waals surface area contributed by atoms with Gasteiger partial charge >= 0.3 is 0 Å². The van der Waals surface area contributed by atoms with Crippen LogP contribution in [0.15, 0.2) is 24.3 Å². The molecule has 2 N–H and O–H groups in total. The van der Waals surface area contributed by atoms with E-state index in [4.69, 9.17) is 27.4 Å². The number of rotatable bonds is 9. The van der Waals surface area contributed by atoms with E-state index in [2.05, 4.69) is 11.9 Å². The molecule has 0 unspecified atom stereocenters. The summed E-state index contributed by atoms with van der Waals surface area (Å²) < 4.78 is 11.2. The fourth-order valence-corrected chi connectivity index (χ4v) is 1.74. The third kappa shape index (κ3) is 6.84. The fraction of sp³-hybridized carbons (Fsp3) is 0.533. The molecule has 0 heterocycles. The first kappa shape index (κ1) is 16.9. The van der Waals surface area contributed by atoms with Gasteiger partial charge in [0.1, 0.15) is 17.3 Å². The highest BCUT2D eigenvalue weighted by Crippen LogP contribution is 2.13. The first-order valence-corrected chi connectivity index (χ1v) is 7.22. The Kier molecular flexibility index (Phi) is 7.51. The molecule has 4 nitrogen and oxygen atoms in total. The van der Waals surface area contributed by atoms with E-state index >= 15 is 0 Å². The van der Waals surface area contributed by atoms with Crippen molar-refractivity contribution in [2.45, 2.75) is 20.0 Å². The molecule has 0 aliphatic rings. The molecular weight excluding hydrogens is 272 g/mol. The van der Waals surface area contributed by atoms with E-state index in [0.29, 0.717) is 11.6 Å². The Hall–Kier alpha value is -1.17. The quantitative estimate of drug-likeness (QED) is 0.707. The van der Waals surface area contributed by atoms with Crippen LogP contribution >= 0.6 is 12.2 Å². The van der Waals surface area contributed by atoms with Crippen molar-refractivity contribution in [2.75, 3.05) is 33.4 Å². The molecule has 0 fully saturated rings. The minimum absolute atomic E-state index is 0.280. The van der Waals surface area contributed by atoms with Crippen LogP contribution in [-0.4, -0.2) is 49.3 Å². The van der Waals surface area contributed by atoms with Crippen molar-refractivity contribution >= 4 is 17.2 Å². The number of hydrogen-bond donors (Lipinski definition) is 1. The van der Waals surface area contributed by atoms with Crippen LogP contribution in [0.25, 0.3) is 0 Å². The molecule has 0 atom stereocenters. The number of thiocarbonyl (C=S) groups is 1. The van der Waals surface area contributed by atoms with Crippen molar-refractivity contribution in [3.8, 4) is 5.75 Å². The maximum atomic E-state index is 5.70. The van der Waals surface area contributed by atoms with Gasteiger partial charge in [-0.25, -0.2) is 0 Å². The number of benzene rings is 1. The molecule has 1 rings (SSSR count). The number of hydrogen-bond acceptors (Lipinski definition) is 4. The van der Waals surface area contributed by atoms with Gasteiger partial charge in [-0.15, -0.1) is 0 Å². The summed E-state index contributed by atoms with van der Waals surface area (Å²) in [7, 11) is 2.05. The molecule has 0 saturated heterocycles. The first-order valence-electron chi connectivity index (χ1n) is 6.82. The molecule has 0 aromatic heterocycles. The van der Waals surface area contributed by atoms with Gasteiger partial charge in [0.25, 0.3) is 0 Å². The smallest absolute Gasteiger partial charge is 0.120 e. The highest BCUT2D eigenvalue weighted by atomic mass is 32.1. The number of ether oxygens (including phenoxy) is 2. The SMILES string of the molecule is CC(C)OCCN(C)CCOc1cccc(C(N)=S)c1. The van der Waals surface area contributed by atoms with Gasteiger partial charge in [0.2, 0.25) is 0 Å². The predicted octanol–water partition coefficient (Wildman–Crippen LogP) is 2.06. The van der Waals surface area contributed by atoms with E-state index < -0.39 is 0 Å². The number of nitrogens with two attached hydrogens (primary N) is 1. The lowest BCUT2D eigenvalue weighted by Crippen LogP contribution is -2.28. The van der Waals surface area contributed by atoms with Crippen LogP contribution < -0.4 is 10.5 Å². The highest BCUT2D eigenvalue weighted by Gasteiger charge is 2.02. The van der Waals surface area contributed by atoms with Crippen LogP contribution in [0.3, 0.4) is 0 Å². The van der Waals surface area contributed by atoms with Gasteiger partial charge < -0.3 is 20.1 Å². The normalized spacial score (nSPS) is 11.1. The molecule has 0 amide bonds. The van der Waals surface area contributed by atoms with Gasteiger partial charge in [-0.3, -0.25) is 0 Å². The lowest BCUT2D eigenvalue weighted by Gasteiger charge is -2.18. The minimum Gasteiger partial charge on any atom is -0.492 e. The summed E-state index contributed by atoms with van der Waals surface area (Å²) in [6, 6.07) is 7.54. The summed E-state index contributed by atoms with van der Waals surface area (Å²) >= 11 is 4.94. The Morgan fingerprint density at radius 2 is 2.00 bits per heavy atom. The van der Waals surface area contributed by atoms with Gasteiger partial charge in [0.15, 0.2) is 0 Å². The van der Waals surface area contributed by atoms with Gasteiger partial charge in [-0.2, -0.15) is 0 Å². The zero-order valence-corrected chi connectivity index (χ0v) is 13.3. The zero-order valence-electron chi connectivity index (χ0n) is 12.5. The second-order valence-corrected chi connectivity index (χ2v) is 5.40. The van der Waals surface area contributed by atoms with Crippen LogP contribution in [0, 0.1) is 0 Å². The molecule has 0 bridgehead atoms. The van der Waals surface area contributed by atoms with Crippen LogP contribution in [0.4, 0.5) is 0 Å². The molecule has 1 aromatic carbocycles. The van der Waals surface area contributed by atoms with Gasteiger partial charge in [0, 0.05) is 18.7 Å². The predicted molar refractivity (Wildman–Crippen MR) is 86.4 cm³/mol. The van der Waals surface area contributed by atoms with Crippen LogP contribution in [0.2, 0.25) is 0 Å². The second kappa shape index (κ2) is 8.89. The zero-order chi connectivity index (χ0) is 15.0. The first-order chi connectivity index (χ1) is 9.49. The summed E-state index contributed by atoms with van der Waals surface area (Å²) in [5, 5.41) is 0. The lowest BCUT2D eigenvalue weighted by atomic mass is 10.2. The van der Waals surface area contributed by atoms with Crippen LogP contribution in [0.5, 0.6) is 5.75 Å². The van der Waals surface area contributed by atoms with Crippen molar-refractivity contribution in [1.82, 2.24) is 4.90 Å². The lowest BCUT2D eigenvalue weighted by molar-refractivity contribution is 0.0616. The Morgan fingerprint density at radius 1 is 1.30 bits per heavy atom. The Bertz CT molecular complexity index is 424. The average Bonchev–Trinajstić information content (AvgIpc) is 2.38. The summed E-state index contributed by atoms with van der Waals surface area (Å²) in [6.45, 7) is 7.19. The maximum absolute atomic E-state index is 5.70. The third-order valence-corrected chi connectivity index (χ3v) is 3.02. The topological polar surface area (TPSA) is 47.7 Å². The highest BCUT2D eigenvalue weighted by molar-refractivity contribution is 7.80. The van der Waals surface area contributed by atoms with Crippen molar-refractivity contribution in [3.05, 3.63) is 29.8 Å². The van der Waals surface area contributed by atoms with Crippen molar-refractivity contribution in [1.29, 1.82) is 0 Å². The number of nitrogens with zero attached hydrogens (tertiary/aromatic N) is 1. The molecule has 0 saturated carbocycles. The Morgan fingerprint density at radius 3 is 2.65 bits per heavy atom. The molecule has 112 valence electrons. The summed E-state index contributed by atoms with van der Waals surface area (Å²) in [5.41, 5.74) is 6.42. The minimum atomic E-state index is 0.280. The monoisotopic (exact) mass is 296 g/mol. The van der Waals surface area contributed by atoms with E-state index in [1.807, 2.05) is 38.1 Å². The molecular formula is C15H24N2O2S. The molecule has 1 aromatic rings. The van der Waals surface area contributed by atoms with E-state index in [0.717, 1.165) is 31.0 Å². The van der Waals surface area contributed by atoms with Crippen LogP contribution in [-0.2, 0) is 4.74 Å². The van der Waals surface area contributed by atoms with E-state index in [-0.39, 0.29) is 6.10 Å². The Labute approximate surface area is 126 Å². The van der Waals surface area contributed by atoms with E-state index in [1.165, 1.54) is 0 Å². The molecule has 0 aliphatic carbocycles.